The number of benzene rings is 1. The highest BCUT2D eigenvalue weighted by Crippen LogP contribution is 2.27. The summed E-state index contributed by atoms with van der Waals surface area (Å²) in [6.45, 7) is 3.87. The summed E-state index contributed by atoms with van der Waals surface area (Å²) in [5.41, 5.74) is 1.08. The maximum absolute atomic E-state index is 12.3. The van der Waals surface area contributed by atoms with Gasteiger partial charge in [-0.2, -0.15) is 0 Å². The molecule has 102 valence electrons. The third kappa shape index (κ3) is 3.18. The Bertz CT molecular complexity index is 465. The molecule has 1 aliphatic heterocycles. The SMILES string of the molecule is O=C(Cc1ccccc1Br)N1CCN(C2CC2)CC1. The van der Waals surface area contributed by atoms with Crippen LogP contribution in [0.3, 0.4) is 0 Å². The largest absolute Gasteiger partial charge is 0.340 e. The van der Waals surface area contributed by atoms with E-state index < -0.39 is 0 Å². The van der Waals surface area contributed by atoms with Crippen LogP contribution in [0.25, 0.3) is 0 Å². The van der Waals surface area contributed by atoms with Crippen molar-refractivity contribution in [3.05, 3.63) is 34.3 Å². The molecule has 4 heteroatoms. The summed E-state index contributed by atoms with van der Waals surface area (Å²) in [7, 11) is 0. The standard InChI is InChI=1S/C15H19BrN2O/c16-14-4-2-1-3-12(14)11-15(19)18-9-7-17(8-10-18)13-5-6-13/h1-4,13H,5-11H2. The van der Waals surface area contributed by atoms with Gasteiger partial charge in [-0.05, 0) is 24.5 Å². The topological polar surface area (TPSA) is 23.6 Å². The Labute approximate surface area is 122 Å². The molecular weight excluding hydrogens is 304 g/mol. The van der Waals surface area contributed by atoms with Crippen LogP contribution in [0.5, 0.6) is 0 Å². The summed E-state index contributed by atoms with van der Waals surface area (Å²) in [5, 5.41) is 0. The Morgan fingerprint density at radius 2 is 1.84 bits per heavy atom. The lowest BCUT2D eigenvalue weighted by Crippen LogP contribution is -2.49. The number of piperazine rings is 1. The molecule has 2 fully saturated rings. The number of nitrogens with zero attached hydrogens (tertiary/aromatic N) is 2. The minimum Gasteiger partial charge on any atom is -0.340 e. The molecule has 0 N–H and O–H groups in total. The lowest BCUT2D eigenvalue weighted by Gasteiger charge is -2.35. The van der Waals surface area contributed by atoms with Crippen LogP contribution in [0.2, 0.25) is 0 Å². The van der Waals surface area contributed by atoms with E-state index in [0.29, 0.717) is 6.42 Å². The molecule has 1 heterocycles. The van der Waals surface area contributed by atoms with Gasteiger partial charge in [0.15, 0.2) is 0 Å². The van der Waals surface area contributed by atoms with Crippen molar-refractivity contribution in [1.29, 1.82) is 0 Å². The van der Waals surface area contributed by atoms with Crippen LogP contribution in [-0.4, -0.2) is 47.9 Å². The second kappa shape index (κ2) is 5.63. The predicted octanol–water partition coefficient (Wildman–Crippen LogP) is 2.30. The van der Waals surface area contributed by atoms with Crippen LogP contribution in [0, 0.1) is 0 Å². The monoisotopic (exact) mass is 322 g/mol. The first-order valence-corrected chi connectivity index (χ1v) is 7.78. The number of rotatable bonds is 3. The maximum atomic E-state index is 12.3. The zero-order valence-electron chi connectivity index (χ0n) is 11.0. The Balaban J connectivity index is 1.55. The average Bonchev–Trinajstić information content (AvgIpc) is 3.26. The highest BCUT2D eigenvalue weighted by Gasteiger charge is 2.32. The van der Waals surface area contributed by atoms with E-state index in [1.54, 1.807) is 0 Å². The summed E-state index contributed by atoms with van der Waals surface area (Å²) in [5.74, 6) is 0.252. The van der Waals surface area contributed by atoms with Crippen LogP contribution in [0.1, 0.15) is 18.4 Å². The zero-order chi connectivity index (χ0) is 13.2. The molecule has 0 atom stereocenters. The molecule has 0 spiro atoms. The van der Waals surface area contributed by atoms with Crippen molar-refractivity contribution in [1.82, 2.24) is 9.80 Å². The minimum absolute atomic E-state index is 0.252. The van der Waals surface area contributed by atoms with Gasteiger partial charge in [0.25, 0.3) is 0 Å². The summed E-state index contributed by atoms with van der Waals surface area (Å²) in [6, 6.07) is 8.79. The Morgan fingerprint density at radius 1 is 1.16 bits per heavy atom. The molecule has 19 heavy (non-hydrogen) atoms. The predicted molar refractivity (Wildman–Crippen MR) is 79.0 cm³/mol. The van der Waals surface area contributed by atoms with E-state index in [4.69, 9.17) is 0 Å². The normalized spacial score (nSPS) is 20.6. The highest BCUT2D eigenvalue weighted by molar-refractivity contribution is 9.10. The van der Waals surface area contributed by atoms with E-state index in [-0.39, 0.29) is 5.91 Å². The fraction of sp³-hybridized carbons (Fsp3) is 0.533. The fourth-order valence-electron chi connectivity index (χ4n) is 2.69. The Hall–Kier alpha value is -0.870. The van der Waals surface area contributed by atoms with Gasteiger partial charge in [-0.15, -0.1) is 0 Å². The summed E-state index contributed by atoms with van der Waals surface area (Å²) >= 11 is 3.51. The van der Waals surface area contributed by atoms with Gasteiger partial charge in [0.05, 0.1) is 6.42 Å². The summed E-state index contributed by atoms with van der Waals surface area (Å²) < 4.78 is 1.03. The van der Waals surface area contributed by atoms with E-state index in [1.165, 1.54) is 12.8 Å². The van der Waals surface area contributed by atoms with E-state index in [0.717, 1.165) is 42.3 Å². The van der Waals surface area contributed by atoms with Crippen LogP contribution in [0.15, 0.2) is 28.7 Å². The minimum atomic E-state index is 0.252. The molecule has 0 radical (unpaired) electrons. The van der Waals surface area contributed by atoms with Crippen LogP contribution in [-0.2, 0) is 11.2 Å². The highest BCUT2D eigenvalue weighted by atomic mass is 79.9. The molecule has 1 aliphatic carbocycles. The molecule has 1 aromatic rings. The van der Waals surface area contributed by atoms with Crippen molar-refractivity contribution in [2.45, 2.75) is 25.3 Å². The number of amides is 1. The summed E-state index contributed by atoms with van der Waals surface area (Å²) in [4.78, 5) is 16.8. The van der Waals surface area contributed by atoms with Gasteiger partial charge in [0.2, 0.25) is 5.91 Å². The van der Waals surface area contributed by atoms with Gasteiger partial charge in [-0.1, -0.05) is 34.1 Å². The van der Waals surface area contributed by atoms with Gasteiger partial charge in [-0.25, -0.2) is 0 Å². The molecule has 3 rings (SSSR count). The van der Waals surface area contributed by atoms with E-state index >= 15 is 0 Å². The van der Waals surface area contributed by atoms with E-state index in [2.05, 4.69) is 20.8 Å². The molecule has 0 unspecified atom stereocenters. The molecule has 3 nitrogen and oxygen atoms in total. The lowest BCUT2D eigenvalue weighted by atomic mass is 10.1. The van der Waals surface area contributed by atoms with Crippen molar-refractivity contribution in [3.8, 4) is 0 Å². The number of carbonyl (C=O) groups excluding carboxylic acids is 1. The molecular formula is C15H19BrN2O. The fourth-order valence-corrected chi connectivity index (χ4v) is 3.12. The zero-order valence-corrected chi connectivity index (χ0v) is 12.6. The molecule has 2 aliphatic rings. The Morgan fingerprint density at radius 3 is 2.47 bits per heavy atom. The van der Waals surface area contributed by atoms with Crippen molar-refractivity contribution in [2.75, 3.05) is 26.2 Å². The first-order chi connectivity index (χ1) is 9.24. The van der Waals surface area contributed by atoms with Gasteiger partial charge in [0.1, 0.15) is 0 Å². The van der Waals surface area contributed by atoms with Gasteiger partial charge >= 0.3 is 0 Å². The lowest BCUT2D eigenvalue weighted by molar-refractivity contribution is -0.132. The third-order valence-electron chi connectivity index (χ3n) is 4.03. The first kappa shape index (κ1) is 13.1. The van der Waals surface area contributed by atoms with E-state index in [1.807, 2.05) is 29.2 Å². The van der Waals surface area contributed by atoms with Crippen molar-refractivity contribution >= 4 is 21.8 Å². The third-order valence-corrected chi connectivity index (χ3v) is 4.80. The van der Waals surface area contributed by atoms with E-state index in [9.17, 15) is 4.79 Å². The second-order valence-electron chi connectivity index (χ2n) is 5.42. The van der Waals surface area contributed by atoms with Gasteiger partial charge in [0, 0.05) is 36.7 Å². The Kier molecular flexibility index (Phi) is 3.89. The van der Waals surface area contributed by atoms with Crippen molar-refractivity contribution in [2.24, 2.45) is 0 Å². The summed E-state index contributed by atoms with van der Waals surface area (Å²) in [6.07, 6.45) is 3.21. The average molecular weight is 323 g/mol. The van der Waals surface area contributed by atoms with Gasteiger partial charge < -0.3 is 4.90 Å². The molecule has 0 aromatic heterocycles. The van der Waals surface area contributed by atoms with Crippen LogP contribution >= 0.6 is 15.9 Å². The maximum Gasteiger partial charge on any atom is 0.227 e. The van der Waals surface area contributed by atoms with Crippen LogP contribution in [0.4, 0.5) is 0 Å². The van der Waals surface area contributed by atoms with Crippen molar-refractivity contribution < 1.29 is 4.79 Å². The van der Waals surface area contributed by atoms with Crippen molar-refractivity contribution in [3.63, 3.8) is 0 Å². The molecule has 0 bridgehead atoms. The second-order valence-corrected chi connectivity index (χ2v) is 6.27. The molecule has 1 saturated carbocycles. The smallest absolute Gasteiger partial charge is 0.227 e. The molecule has 1 amide bonds. The van der Waals surface area contributed by atoms with Crippen LogP contribution < -0.4 is 0 Å². The number of hydrogen-bond acceptors (Lipinski definition) is 2. The van der Waals surface area contributed by atoms with Gasteiger partial charge in [-0.3, -0.25) is 9.69 Å². The molecule has 1 aromatic carbocycles. The number of carbonyl (C=O) groups is 1. The quantitative estimate of drug-likeness (QED) is 0.852. The first-order valence-electron chi connectivity index (χ1n) is 6.99. The number of hydrogen-bond donors (Lipinski definition) is 0. The molecule has 1 saturated heterocycles. The number of halogens is 1.